The second-order valence-corrected chi connectivity index (χ2v) is 9.44. The van der Waals surface area contributed by atoms with Gasteiger partial charge in [-0.1, -0.05) is 25.1 Å². The van der Waals surface area contributed by atoms with Crippen LogP contribution in [0.1, 0.15) is 43.9 Å². The molecule has 1 unspecified atom stereocenters. The number of amides is 1. The van der Waals surface area contributed by atoms with Crippen molar-refractivity contribution in [3.8, 4) is 0 Å². The standard InChI is InChI=1S/C19H26N2O4S/c1-14(8-9-19(22)20-23)5-4-11-21-17-7-3-2-6-15(17)16-13-26(24,25)12-10-18(16)21/h2-3,6-7,14,23H,4-5,8-13H2,1H3,(H,20,22). The van der Waals surface area contributed by atoms with E-state index in [9.17, 15) is 13.2 Å². The van der Waals surface area contributed by atoms with Crippen LogP contribution in [0.2, 0.25) is 0 Å². The Morgan fingerprint density at radius 1 is 1.31 bits per heavy atom. The topological polar surface area (TPSA) is 88.4 Å². The summed E-state index contributed by atoms with van der Waals surface area (Å²) in [5.74, 6) is 0.416. The first kappa shape index (κ1) is 18.9. The van der Waals surface area contributed by atoms with Crippen molar-refractivity contribution < 1.29 is 18.4 Å². The Morgan fingerprint density at radius 3 is 2.85 bits per heavy atom. The monoisotopic (exact) mass is 378 g/mol. The van der Waals surface area contributed by atoms with Crippen LogP contribution in [-0.4, -0.2) is 29.9 Å². The number of nitrogens with zero attached hydrogens (tertiary/aromatic N) is 1. The summed E-state index contributed by atoms with van der Waals surface area (Å²) in [6.07, 6.45) is 3.61. The largest absolute Gasteiger partial charge is 0.344 e. The molecule has 7 heteroatoms. The van der Waals surface area contributed by atoms with Gasteiger partial charge in [-0.05, 0) is 36.8 Å². The van der Waals surface area contributed by atoms with Crippen molar-refractivity contribution in [2.24, 2.45) is 5.92 Å². The number of hydroxylamine groups is 1. The lowest BCUT2D eigenvalue weighted by molar-refractivity contribution is -0.129. The summed E-state index contributed by atoms with van der Waals surface area (Å²) in [5.41, 5.74) is 4.91. The van der Waals surface area contributed by atoms with E-state index in [2.05, 4.69) is 17.6 Å². The lowest BCUT2D eigenvalue weighted by atomic mass is 9.99. The van der Waals surface area contributed by atoms with E-state index in [0.29, 0.717) is 18.8 Å². The van der Waals surface area contributed by atoms with E-state index in [1.54, 1.807) is 5.48 Å². The third-order valence-corrected chi connectivity index (χ3v) is 6.83. The molecule has 0 radical (unpaired) electrons. The van der Waals surface area contributed by atoms with Gasteiger partial charge in [-0.15, -0.1) is 0 Å². The SMILES string of the molecule is CC(CCCn1c2c(c3ccccc31)CS(=O)(=O)CC2)CCC(=O)NO. The quantitative estimate of drug-likeness (QED) is 0.573. The molecule has 0 aliphatic carbocycles. The second kappa shape index (κ2) is 7.80. The van der Waals surface area contributed by atoms with Crippen molar-refractivity contribution in [1.29, 1.82) is 0 Å². The minimum Gasteiger partial charge on any atom is -0.344 e. The van der Waals surface area contributed by atoms with Gasteiger partial charge in [0.15, 0.2) is 9.84 Å². The summed E-state index contributed by atoms with van der Waals surface area (Å²) in [4.78, 5) is 11.1. The van der Waals surface area contributed by atoms with Gasteiger partial charge in [-0.3, -0.25) is 10.0 Å². The highest BCUT2D eigenvalue weighted by molar-refractivity contribution is 7.90. The molecule has 26 heavy (non-hydrogen) atoms. The van der Waals surface area contributed by atoms with Gasteiger partial charge < -0.3 is 4.57 Å². The highest BCUT2D eigenvalue weighted by Gasteiger charge is 2.27. The van der Waals surface area contributed by atoms with Gasteiger partial charge in [0.2, 0.25) is 5.91 Å². The number of hydrogen-bond acceptors (Lipinski definition) is 4. The summed E-state index contributed by atoms with van der Waals surface area (Å²) in [5, 5.41) is 9.61. The number of aromatic nitrogens is 1. The number of nitrogens with one attached hydrogen (secondary N) is 1. The van der Waals surface area contributed by atoms with Crippen LogP contribution in [0.5, 0.6) is 0 Å². The Hall–Kier alpha value is -1.86. The predicted molar refractivity (Wildman–Crippen MR) is 101 cm³/mol. The number of para-hydroxylation sites is 1. The number of benzene rings is 1. The van der Waals surface area contributed by atoms with Gasteiger partial charge in [0.05, 0.1) is 11.5 Å². The first-order valence-electron chi connectivity index (χ1n) is 9.13. The molecule has 6 nitrogen and oxygen atoms in total. The molecule has 0 saturated heterocycles. The summed E-state index contributed by atoms with van der Waals surface area (Å²) in [6.45, 7) is 2.97. The van der Waals surface area contributed by atoms with E-state index in [4.69, 9.17) is 5.21 Å². The number of rotatable bonds is 7. The average Bonchev–Trinajstić information content (AvgIpc) is 2.92. The molecule has 0 spiro atoms. The Morgan fingerprint density at radius 2 is 2.08 bits per heavy atom. The molecule has 2 heterocycles. The smallest absolute Gasteiger partial charge is 0.243 e. The zero-order valence-corrected chi connectivity index (χ0v) is 15.9. The Kier molecular flexibility index (Phi) is 5.67. The van der Waals surface area contributed by atoms with E-state index in [1.807, 2.05) is 18.2 Å². The molecule has 2 aromatic rings. The molecule has 142 valence electrons. The van der Waals surface area contributed by atoms with Crippen molar-refractivity contribution >= 4 is 26.6 Å². The van der Waals surface area contributed by atoms with Crippen molar-refractivity contribution in [2.75, 3.05) is 5.75 Å². The Bertz CT molecular complexity index is 902. The summed E-state index contributed by atoms with van der Waals surface area (Å²) in [7, 11) is -3.00. The van der Waals surface area contributed by atoms with Crippen LogP contribution in [0.3, 0.4) is 0 Å². The molecular weight excluding hydrogens is 352 g/mol. The molecule has 3 rings (SSSR count). The molecule has 1 aliphatic rings. The van der Waals surface area contributed by atoms with Crippen molar-refractivity contribution in [3.63, 3.8) is 0 Å². The molecule has 0 saturated carbocycles. The Balaban J connectivity index is 1.72. The van der Waals surface area contributed by atoms with E-state index >= 15 is 0 Å². The van der Waals surface area contributed by atoms with Crippen molar-refractivity contribution in [1.82, 2.24) is 10.0 Å². The first-order valence-corrected chi connectivity index (χ1v) is 11.0. The number of hydrogen-bond donors (Lipinski definition) is 2. The molecule has 0 bridgehead atoms. The fourth-order valence-corrected chi connectivity index (χ4v) is 5.26. The van der Waals surface area contributed by atoms with Crippen LogP contribution in [0.4, 0.5) is 0 Å². The molecule has 1 aliphatic heterocycles. The molecule has 1 atom stereocenters. The average molecular weight is 378 g/mol. The van der Waals surface area contributed by atoms with Gasteiger partial charge in [0.1, 0.15) is 0 Å². The zero-order chi connectivity index (χ0) is 18.7. The second-order valence-electron chi connectivity index (χ2n) is 7.26. The number of sulfone groups is 1. The molecule has 1 amide bonds. The highest BCUT2D eigenvalue weighted by atomic mass is 32.2. The number of aryl methyl sites for hydroxylation is 1. The number of fused-ring (bicyclic) bond motifs is 3. The van der Waals surface area contributed by atoms with Crippen LogP contribution >= 0.6 is 0 Å². The number of carbonyl (C=O) groups is 1. The van der Waals surface area contributed by atoms with E-state index in [0.717, 1.165) is 48.0 Å². The van der Waals surface area contributed by atoms with Crippen LogP contribution in [0.15, 0.2) is 24.3 Å². The fourth-order valence-electron chi connectivity index (χ4n) is 3.85. The van der Waals surface area contributed by atoms with Crippen molar-refractivity contribution in [3.05, 3.63) is 35.5 Å². The molecular formula is C19H26N2O4S. The van der Waals surface area contributed by atoms with Gasteiger partial charge in [-0.25, -0.2) is 13.9 Å². The maximum atomic E-state index is 12.1. The molecule has 2 N–H and O–H groups in total. The van der Waals surface area contributed by atoms with Gasteiger partial charge >= 0.3 is 0 Å². The normalized spacial score (nSPS) is 17.0. The van der Waals surface area contributed by atoms with Gasteiger partial charge in [0.25, 0.3) is 0 Å². The lowest BCUT2D eigenvalue weighted by Crippen LogP contribution is -2.20. The molecule has 1 aromatic heterocycles. The predicted octanol–water partition coefficient (Wildman–Crippen LogP) is 2.81. The van der Waals surface area contributed by atoms with E-state index in [1.165, 1.54) is 0 Å². The van der Waals surface area contributed by atoms with Gasteiger partial charge in [0, 0.05) is 36.0 Å². The van der Waals surface area contributed by atoms with E-state index in [-0.39, 0.29) is 17.4 Å². The maximum Gasteiger partial charge on any atom is 0.243 e. The highest BCUT2D eigenvalue weighted by Crippen LogP contribution is 2.32. The lowest BCUT2D eigenvalue weighted by Gasteiger charge is -2.17. The van der Waals surface area contributed by atoms with E-state index < -0.39 is 9.84 Å². The Labute approximate surface area is 154 Å². The van der Waals surface area contributed by atoms with Crippen LogP contribution in [-0.2, 0) is 33.4 Å². The minimum absolute atomic E-state index is 0.141. The molecule has 1 aromatic carbocycles. The summed E-state index contributed by atoms with van der Waals surface area (Å²) >= 11 is 0. The minimum atomic E-state index is -3.00. The van der Waals surface area contributed by atoms with Crippen LogP contribution in [0.25, 0.3) is 10.9 Å². The first-order chi connectivity index (χ1) is 12.4. The van der Waals surface area contributed by atoms with Crippen LogP contribution < -0.4 is 5.48 Å². The number of carbonyl (C=O) groups excluding carboxylic acids is 1. The summed E-state index contributed by atoms with van der Waals surface area (Å²) in [6, 6.07) is 8.04. The summed E-state index contributed by atoms with van der Waals surface area (Å²) < 4.78 is 26.4. The van der Waals surface area contributed by atoms with Crippen molar-refractivity contribution in [2.45, 2.75) is 51.3 Å². The third kappa shape index (κ3) is 4.10. The maximum absolute atomic E-state index is 12.1. The molecule has 0 fully saturated rings. The fraction of sp³-hybridized carbons (Fsp3) is 0.526. The third-order valence-electron chi connectivity index (χ3n) is 5.28. The van der Waals surface area contributed by atoms with Gasteiger partial charge in [-0.2, -0.15) is 0 Å². The zero-order valence-electron chi connectivity index (χ0n) is 15.1. The van der Waals surface area contributed by atoms with Crippen LogP contribution in [0, 0.1) is 5.92 Å².